The maximum Gasteiger partial charge on any atom is 0.308 e. The second-order valence-corrected chi connectivity index (χ2v) is 14.7. The number of nitrogens with zero attached hydrogens (tertiary/aromatic N) is 3. The lowest BCUT2D eigenvalue weighted by Crippen LogP contribution is -2.45. The van der Waals surface area contributed by atoms with Gasteiger partial charge in [-0.05, 0) is 42.2 Å². The number of amides is 1. The van der Waals surface area contributed by atoms with Gasteiger partial charge in [-0.1, -0.05) is 37.6 Å². The minimum Gasteiger partial charge on any atom is -0.493 e. The summed E-state index contributed by atoms with van der Waals surface area (Å²) < 4.78 is 32.6. The summed E-state index contributed by atoms with van der Waals surface area (Å²) in [5.74, 6) is -1.36. The van der Waals surface area contributed by atoms with Gasteiger partial charge in [0.2, 0.25) is 15.9 Å². The monoisotopic (exact) mass is 615 g/mol. The standard InChI is InChI=1S/C32H46N4O6S/c1-6-7-16-35(26-10-8-9-23(18-26)22-36(2,3)4)30(37)21-34-20-27(24-11-12-29-25(19-24)14-17-42-29)31(32(38)39)28(34)13-15-33-43(5,40)41/h8-12,18-19,27-28,31,33H,6-7,13-17,20-22H2,1-5H3/p+1/t27-,28+,31?/m1/s1. The lowest BCUT2D eigenvalue weighted by molar-refractivity contribution is -0.884. The summed E-state index contributed by atoms with van der Waals surface area (Å²) in [5.41, 5.74) is 3.94. The number of benzene rings is 2. The van der Waals surface area contributed by atoms with Crippen LogP contribution in [0.3, 0.4) is 0 Å². The molecule has 2 aromatic carbocycles. The first-order chi connectivity index (χ1) is 20.3. The lowest BCUT2D eigenvalue weighted by Gasteiger charge is -2.30. The Morgan fingerprint density at radius 2 is 1.93 bits per heavy atom. The van der Waals surface area contributed by atoms with Crippen LogP contribution in [0.15, 0.2) is 42.5 Å². The number of carboxylic acids is 1. The number of carbonyl (C=O) groups is 2. The van der Waals surface area contributed by atoms with Crippen molar-refractivity contribution >= 4 is 27.6 Å². The number of nitrogens with one attached hydrogen (secondary N) is 1. The van der Waals surface area contributed by atoms with Crippen LogP contribution in [0.4, 0.5) is 5.69 Å². The number of aliphatic carboxylic acids is 1. The highest BCUT2D eigenvalue weighted by molar-refractivity contribution is 7.88. The summed E-state index contributed by atoms with van der Waals surface area (Å²) in [6, 6.07) is 13.4. The number of unbranched alkanes of at least 4 members (excludes halogenated alkanes) is 1. The highest BCUT2D eigenvalue weighted by Gasteiger charge is 2.47. The number of rotatable bonds is 14. The molecule has 1 fully saturated rings. The Balaban J connectivity index is 1.63. The first kappa shape index (κ1) is 32.9. The molecule has 0 aromatic heterocycles. The largest absolute Gasteiger partial charge is 0.493 e. The van der Waals surface area contributed by atoms with Gasteiger partial charge in [0.05, 0.1) is 46.5 Å². The summed E-state index contributed by atoms with van der Waals surface area (Å²) >= 11 is 0. The molecule has 2 aliphatic heterocycles. The second-order valence-electron chi connectivity index (χ2n) is 12.9. The zero-order chi connectivity index (χ0) is 31.4. The molecule has 11 heteroatoms. The van der Waals surface area contributed by atoms with E-state index in [1.165, 1.54) is 0 Å². The maximum atomic E-state index is 14.1. The number of anilines is 1. The number of fused-ring (bicyclic) bond motifs is 1. The molecule has 43 heavy (non-hydrogen) atoms. The van der Waals surface area contributed by atoms with Crippen molar-refractivity contribution in [3.05, 3.63) is 59.2 Å². The van der Waals surface area contributed by atoms with Gasteiger partial charge in [0.25, 0.3) is 0 Å². The number of hydrogen-bond acceptors (Lipinski definition) is 6. The van der Waals surface area contributed by atoms with E-state index in [2.05, 4.69) is 44.9 Å². The zero-order valence-corrected chi connectivity index (χ0v) is 26.9. The molecule has 0 saturated carbocycles. The Morgan fingerprint density at radius 1 is 1.16 bits per heavy atom. The van der Waals surface area contributed by atoms with E-state index in [0.717, 1.165) is 64.7 Å². The minimum atomic E-state index is -3.45. The van der Waals surface area contributed by atoms with Gasteiger partial charge in [-0.25, -0.2) is 13.1 Å². The van der Waals surface area contributed by atoms with Crippen molar-refractivity contribution in [2.45, 2.75) is 51.1 Å². The molecule has 3 atom stereocenters. The number of carbonyl (C=O) groups excluding carboxylic acids is 1. The van der Waals surface area contributed by atoms with Crippen molar-refractivity contribution in [2.24, 2.45) is 5.92 Å². The second kappa shape index (κ2) is 13.8. The van der Waals surface area contributed by atoms with Crippen LogP contribution in [0.25, 0.3) is 0 Å². The molecular weight excluding hydrogens is 568 g/mol. The van der Waals surface area contributed by atoms with Crippen LogP contribution < -0.4 is 14.4 Å². The van der Waals surface area contributed by atoms with E-state index in [-0.39, 0.29) is 31.3 Å². The number of quaternary nitrogens is 1. The van der Waals surface area contributed by atoms with Crippen LogP contribution in [0, 0.1) is 5.92 Å². The van der Waals surface area contributed by atoms with E-state index in [0.29, 0.717) is 19.7 Å². The van der Waals surface area contributed by atoms with Crippen LogP contribution in [-0.4, -0.2) is 101 Å². The van der Waals surface area contributed by atoms with Crippen molar-refractivity contribution in [3.63, 3.8) is 0 Å². The molecule has 2 aromatic rings. The van der Waals surface area contributed by atoms with Crippen LogP contribution in [0.2, 0.25) is 0 Å². The lowest BCUT2D eigenvalue weighted by atomic mass is 9.83. The molecule has 0 aliphatic carbocycles. The normalized spacial score (nSPS) is 20.5. The van der Waals surface area contributed by atoms with Gasteiger partial charge in [-0.2, -0.15) is 0 Å². The number of likely N-dealkylation sites (tertiary alicyclic amines) is 1. The molecule has 2 N–H and O–H groups in total. The van der Waals surface area contributed by atoms with Gasteiger partial charge in [0.15, 0.2) is 0 Å². The maximum absolute atomic E-state index is 14.1. The first-order valence-electron chi connectivity index (χ1n) is 15.1. The summed E-state index contributed by atoms with van der Waals surface area (Å²) in [4.78, 5) is 30.6. The fourth-order valence-corrected chi connectivity index (χ4v) is 6.85. The van der Waals surface area contributed by atoms with E-state index in [9.17, 15) is 23.1 Å². The molecule has 1 saturated heterocycles. The SMILES string of the molecule is CCCCN(C(=O)CN1C[C@H](c2ccc3c(c2)CCO3)C(C(=O)O)[C@@H]1CCNS(C)(=O)=O)c1cccc(C[N+](C)(C)C)c1. The third kappa shape index (κ3) is 8.78. The van der Waals surface area contributed by atoms with Gasteiger partial charge in [0.1, 0.15) is 12.3 Å². The van der Waals surface area contributed by atoms with E-state index >= 15 is 0 Å². The summed E-state index contributed by atoms with van der Waals surface area (Å²) in [6.45, 7) is 4.60. The third-order valence-electron chi connectivity index (χ3n) is 8.23. The van der Waals surface area contributed by atoms with Gasteiger partial charge < -0.3 is 19.2 Å². The molecule has 1 amide bonds. The van der Waals surface area contributed by atoms with Crippen molar-refractivity contribution in [1.29, 1.82) is 0 Å². The van der Waals surface area contributed by atoms with E-state index in [4.69, 9.17) is 4.74 Å². The predicted octanol–water partition coefficient (Wildman–Crippen LogP) is 3.07. The fourth-order valence-electron chi connectivity index (χ4n) is 6.36. The zero-order valence-electron chi connectivity index (χ0n) is 26.1. The molecule has 0 bridgehead atoms. The molecule has 2 heterocycles. The Labute approximate surface area is 256 Å². The van der Waals surface area contributed by atoms with Crippen LogP contribution in [-0.2, 0) is 32.6 Å². The van der Waals surface area contributed by atoms with E-state index in [1.807, 2.05) is 40.1 Å². The molecule has 0 radical (unpaired) electrons. The highest BCUT2D eigenvalue weighted by atomic mass is 32.2. The topological polar surface area (TPSA) is 116 Å². The van der Waals surface area contributed by atoms with Crippen LogP contribution in [0.5, 0.6) is 5.75 Å². The average molecular weight is 616 g/mol. The van der Waals surface area contributed by atoms with Crippen LogP contribution in [0.1, 0.15) is 48.8 Å². The summed E-state index contributed by atoms with van der Waals surface area (Å²) in [7, 11) is 2.93. The number of carboxylic acid groups (broad SMARTS) is 1. The quantitative estimate of drug-likeness (QED) is 0.314. The molecule has 1 unspecified atom stereocenters. The molecule has 236 valence electrons. The smallest absolute Gasteiger partial charge is 0.308 e. The van der Waals surface area contributed by atoms with Gasteiger partial charge >= 0.3 is 5.97 Å². The number of sulfonamides is 1. The van der Waals surface area contributed by atoms with Crippen molar-refractivity contribution < 1.29 is 32.3 Å². The van der Waals surface area contributed by atoms with Gasteiger partial charge in [0, 0.05) is 49.3 Å². The van der Waals surface area contributed by atoms with E-state index in [1.54, 1.807) is 0 Å². The number of hydrogen-bond donors (Lipinski definition) is 2. The van der Waals surface area contributed by atoms with Crippen LogP contribution >= 0.6 is 0 Å². The van der Waals surface area contributed by atoms with Crippen molar-refractivity contribution in [2.75, 3.05) is 65.1 Å². The van der Waals surface area contributed by atoms with Crippen molar-refractivity contribution in [1.82, 2.24) is 9.62 Å². The van der Waals surface area contributed by atoms with Crippen molar-refractivity contribution in [3.8, 4) is 5.75 Å². The highest BCUT2D eigenvalue weighted by Crippen LogP contribution is 2.41. The molecule has 0 spiro atoms. The Morgan fingerprint density at radius 3 is 2.60 bits per heavy atom. The van der Waals surface area contributed by atoms with E-state index < -0.39 is 28.0 Å². The summed E-state index contributed by atoms with van der Waals surface area (Å²) in [5, 5.41) is 10.5. The Kier molecular flexibility index (Phi) is 10.5. The average Bonchev–Trinajstić information content (AvgIpc) is 3.52. The molecule has 2 aliphatic rings. The predicted molar refractivity (Wildman–Crippen MR) is 168 cm³/mol. The first-order valence-corrected chi connectivity index (χ1v) is 17.0. The summed E-state index contributed by atoms with van der Waals surface area (Å²) in [6.07, 6.45) is 3.90. The minimum absolute atomic E-state index is 0.0428. The Hall–Kier alpha value is -2.99. The van der Waals surface area contributed by atoms with Gasteiger partial charge in [-0.3, -0.25) is 14.5 Å². The fraction of sp³-hybridized carbons (Fsp3) is 0.562. The molecule has 10 nitrogen and oxygen atoms in total. The molecule has 4 rings (SSSR count). The third-order valence-corrected chi connectivity index (χ3v) is 8.96. The van der Waals surface area contributed by atoms with Gasteiger partial charge in [-0.15, -0.1) is 0 Å². The Bertz CT molecular complexity index is 1410. The number of ether oxygens (including phenoxy) is 1. The molecular formula is C32H47N4O6S+.